The summed E-state index contributed by atoms with van der Waals surface area (Å²) in [6.07, 6.45) is 1.54. The van der Waals surface area contributed by atoms with E-state index in [9.17, 15) is 13.2 Å². The Hall–Kier alpha value is -1.79. The van der Waals surface area contributed by atoms with Gasteiger partial charge >= 0.3 is 0 Å². The van der Waals surface area contributed by atoms with Crippen LogP contribution in [-0.4, -0.2) is 36.8 Å². The summed E-state index contributed by atoms with van der Waals surface area (Å²) >= 11 is 1.44. The summed E-state index contributed by atoms with van der Waals surface area (Å²) in [7, 11) is -2.89. The number of amides is 1. The van der Waals surface area contributed by atoms with Crippen molar-refractivity contribution in [2.24, 2.45) is 0 Å². The second-order valence-electron chi connectivity index (χ2n) is 6.59. The van der Waals surface area contributed by atoms with Crippen LogP contribution < -0.4 is 5.32 Å². The third-order valence-electron chi connectivity index (χ3n) is 4.72. The molecule has 1 aliphatic heterocycles. The summed E-state index contributed by atoms with van der Waals surface area (Å²) in [5, 5.41) is 2.98. The van der Waals surface area contributed by atoms with Gasteiger partial charge in [0.25, 0.3) is 0 Å². The van der Waals surface area contributed by atoms with Gasteiger partial charge in [0.05, 0.1) is 17.3 Å². The fraction of sp³-hybridized carbons (Fsp3) is 0.316. The number of fused-ring (bicyclic) bond motifs is 3. The molecule has 1 aliphatic carbocycles. The molecular formula is C19H19NO3S2. The van der Waals surface area contributed by atoms with E-state index in [1.54, 1.807) is 0 Å². The first kappa shape index (κ1) is 16.7. The van der Waals surface area contributed by atoms with E-state index >= 15 is 0 Å². The Morgan fingerprint density at radius 3 is 2.72 bits per heavy atom. The summed E-state index contributed by atoms with van der Waals surface area (Å²) < 4.78 is 22.9. The average Bonchev–Trinajstić information content (AvgIpc) is 3.12. The summed E-state index contributed by atoms with van der Waals surface area (Å²) in [5.41, 5.74) is 5.86. The van der Waals surface area contributed by atoms with Crippen LogP contribution in [0.25, 0.3) is 11.1 Å². The molecule has 2 aliphatic rings. The lowest BCUT2D eigenvalue weighted by Gasteiger charge is -2.10. The molecule has 2 aromatic rings. The van der Waals surface area contributed by atoms with Crippen molar-refractivity contribution in [1.82, 2.24) is 0 Å². The van der Waals surface area contributed by atoms with Gasteiger partial charge in [0.15, 0.2) is 9.84 Å². The molecule has 0 saturated carbocycles. The number of thioether (sulfide) groups is 1. The minimum atomic E-state index is -2.89. The SMILES string of the molecule is O=C(CSC1CCS(=O)(=O)C1)Nc1ccc2c(c1)Cc1ccccc1-2. The van der Waals surface area contributed by atoms with E-state index in [4.69, 9.17) is 0 Å². The monoisotopic (exact) mass is 373 g/mol. The Morgan fingerprint density at radius 1 is 1.12 bits per heavy atom. The molecule has 1 saturated heterocycles. The normalized spacial score (nSPS) is 20.1. The molecule has 4 nitrogen and oxygen atoms in total. The van der Waals surface area contributed by atoms with Crippen LogP contribution in [0.15, 0.2) is 42.5 Å². The molecule has 1 unspecified atom stereocenters. The summed E-state index contributed by atoms with van der Waals surface area (Å²) in [5.74, 6) is 0.654. The topological polar surface area (TPSA) is 63.2 Å². The molecule has 1 fully saturated rings. The van der Waals surface area contributed by atoms with E-state index in [-0.39, 0.29) is 28.4 Å². The standard InChI is InChI=1S/C19H19NO3S2/c21-19(11-24-16-7-8-25(22,23)12-16)20-15-5-6-18-14(10-15)9-13-3-1-2-4-17(13)18/h1-6,10,16H,7-9,11-12H2,(H,20,21). The third kappa shape index (κ3) is 3.60. The molecule has 0 aromatic heterocycles. The molecule has 4 rings (SSSR count). The number of sulfone groups is 1. The molecule has 1 amide bonds. The van der Waals surface area contributed by atoms with Gasteiger partial charge in [-0.15, -0.1) is 11.8 Å². The van der Waals surface area contributed by atoms with E-state index < -0.39 is 9.84 Å². The van der Waals surface area contributed by atoms with Gasteiger partial charge in [-0.25, -0.2) is 8.42 Å². The Kier molecular flexibility index (Phi) is 4.33. The van der Waals surface area contributed by atoms with E-state index in [1.807, 2.05) is 24.3 Å². The van der Waals surface area contributed by atoms with Gasteiger partial charge in [0, 0.05) is 10.9 Å². The van der Waals surface area contributed by atoms with Gasteiger partial charge in [-0.05, 0) is 47.2 Å². The molecule has 130 valence electrons. The molecular weight excluding hydrogens is 354 g/mol. The van der Waals surface area contributed by atoms with Gasteiger partial charge in [-0.3, -0.25) is 4.79 Å². The van der Waals surface area contributed by atoms with Crippen LogP contribution in [0.4, 0.5) is 5.69 Å². The second-order valence-corrected chi connectivity index (χ2v) is 10.1. The van der Waals surface area contributed by atoms with Crippen LogP contribution in [0, 0.1) is 0 Å². The zero-order chi connectivity index (χ0) is 17.4. The van der Waals surface area contributed by atoms with Crippen LogP contribution >= 0.6 is 11.8 Å². The number of hydrogen-bond acceptors (Lipinski definition) is 4. The highest BCUT2D eigenvalue weighted by atomic mass is 32.2. The van der Waals surface area contributed by atoms with Crippen LogP contribution in [0.1, 0.15) is 17.5 Å². The quantitative estimate of drug-likeness (QED) is 0.763. The van der Waals surface area contributed by atoms with E-state index in [2.05, 4.69) is 23.5 Å². The molecule has 25 heavy (non-hydrogen) atoms. The first-order valence-corrected chi connectivity index (χ1v) is 11.2. The number of benzene rings is 2. The van der Waals surface area contributed by atoms with Crippen LogP contribution in [0.2, 0.25) is 0 Å². The fourth-order valence-electron chi connectivity index (χ4n) is 3.51. The van der Waals surface area contributed by atoms with Gasteiger partial charge in [0.1, 0.15) is 0 Å². The molecule has 0 spiro atoms. The van der Waals surface area contributed by atoms with Gasteiger partial charge in [0.2, 0.25) is 5.91 Å². The summed E-state index contributed by atoms with van der Waals surface area (Å²) in [6, 6.07) is 14.4. The van der Waals surface area contributed by atoms with E-state index in [0.29, 0.717) is 6.42 Å². The maximum Gasteiger partial charge on any atom is 0.234 e. The van der Waals surface area contributed by atoms with Crippen molar-refractivity contribution in [3.63, 3.8) is 0 Å². The molecule has 2 aromatic carbocycles. The highest BCUT2D eigenvalue weighted by Gasteiger charge is 2.28. The Morgan fingerprint density at radius 2 is 1.92 bits per heavy atom. The molecule has 6 heteroatoms. The van der Waals surface area contributed by atoms with Crippen molar-refractivity contribution in [3.05, 3.63) is 53.6 Å². The Balaban J connectivity index is 1.37. The van der Waals surface area contributed by atoms with Gasteiger partial charge in [-0.2, -0.15) is 0 Å². The maximum absolute atomic E-state index is 12.2. The number of carbonyl (C=O) groups excluding carboxylic acids is 1. The first-order chi connectivity index (χ1) is 12.0. The Labute approximate surface area is 151 Å². The van der Waals surface area contributed by atoms with E-state index in [1.165, 1.54) is 34.0 Å². The third-order valence-corrected chi connectivity index (χ3v) is 8.00. The van der Waals surface area contributed by atoms with Crippen molar-refractivity contribution in [1.29, 1.82) is 0 Å². The van der Waals surface area contributed by atoms with Gasteiger partial charge < -0.3 is 5.32 Å². The smallest absolute Gasteiger partial charge is 0.234 e. The molecule has 1 heterocycles. The van der Waals surface area contributed by atoms with Gasteiger partial charge in [-0.1, -0.05) is 30.3 Å². The molecule has 1 N–H and O–H groups in total. The van der Waals surface area contributed by atoms with E-state index in [0.717, 1.165) is 12.1 Å². The minimum absolute atomic E-state index is 0.0465. The number of rotatable bonds is 4. The largest absolute Gasteiger partial charge is 0.325 e. The Bertz CT molecular complexity index is 937. The average molecular weight is 373 g/mol. The minimum Gasteiger partial charge on any atom is -0.325 e. The molecule has 0 bridgehead atoms. The highest BCUT2D eigenvalue weighted by molar-refractivity contribution is 8.02. The summed E-state index contributed by atoms with van der Waals surface area (Å²) in [4.78, 5) is 12.2. The molecule has 1 atom stereocenters. The van der Waals surface area contributed by atoms with Crippen molar-refractivity contribution in [2.75, 3.05) is 22.6 Å². The van der Waals surface area contributed by atoms with Crippen molar-refractivity contribution in [2.45, 2.75) is 18.1 Å². The fourth-order valence-corrected chi connectivity index (χ4v) is 6.95. The highest BCUT2D eigenvalue weighted by Crippen LogP contribution is 2.37. The zero-order valence-corrected chi connectivity index (χ0v) is 15.3. The lowest BCUT2D eigenvalue weighted by Crippen LogP contribution is -2.17. The second kappa shape index (κ2) is 6.50. The number of anilines is 1. The number of carbonyl (C=O) groups is 1. The van der Waals surface area contributed by atoms with Crippen molar-refractivity contribution < 1.29 is 13.2 Å². The van der Waals surface area contributed by atoms with Crippen molar-refractivity contribution in [3.8, 4) is 11.1 Å². The lowest BCUT2D eigenvalue weighted by atomic mass is 10.1. The number of hydrogen-bond donors (Lipinski definition) is 1. The van der Waals surface area contributed by atoms with Crippen LogP contribution in [0.5, 0.6) is 0 Å². The predicted molar refractivity (Wildman–Crippen MR) is 103 cm³/mol. The number of nitrogens with one attached hydrogen (secondary N) is 1. The predicted octanol–water partition coefficient (Wildman–Crippen LogP) is 3.12. The lowest BCUT2D eigenvalue weighted by molar-refractivity contribution is -0.113. The molecule has 0 radical (unpaired) electrons. The maximum atomic E-state index is 12.2. The van der Waals surface area contributed by atoms with Crippen LogP contribution in [0.3, 0.4) is 0 Å². The van der Waals surface area contributed by atoms with Crippen molar-refractivity contribution >= 4 is 33.2 Å². The first-order valence-electron chi connectivity index (χ1n) is 8.33. The van der Waals surface area contributed by atoms with Crippen LogP contribution in [-0.2, 0) is 21.1 Å². The summed E-state index contributed by atoms with van der Waals surface area (Å²) in [6.45, 7) is 0. The zero-order valence-electron chi connectivity index (χ0n) is 13.7.